The maximum Gasteiger partial charge on any atom is 0.240 e. The van der Waals surface area contributed by atoms with E-state index in [-0.39, 0.29) is 17.5 Å². The van der Waals surface area contributed by atoms with Gasteiger partial charge in [-0.1, -0.05) is 19.4 Å². The van der Waals surface area contributed by atoms with Gasteiger partial charge in [-0.15, -0.1) is 22.7 Å². The zero-order chi connectivity index (χ0) is 28.7. The molecule has 1 aromatic carbocycles. The summed E-state index contributed by atoms with van der Waals surface area (Å²) >= 11 is 3.27. The zero-order valence-corrected chi connectivity index (χ0v) is 25.0. The molecular formula is C27H31N9O2S3. The van der Waals surface area contributed by atoms with Crippen LogP contribution in [0.25, 0.3) is 9.88 Å². The molecule has 1 aliphatic heterocycles. The molecule has 214 valence electrons. The standard InChI is InChI=1S/C27H31N9O2S3/c1-2-3-12-29-25-33-26(30-16-20-18-40-24(32-20)23-7-5-14-39-23)35-27(34-25)36-13-4-6-21(36)17-31-41(37,38)22-10-8-19(15-28)9-11-22/h5,7-11,14,18,21,31H,2-4,6,12-13,16-17H2,1H3,(H2,29,30,33,34,35)/t21-/m1/s1. The van der Waals surface area contributed by atoms with Crippen LogP contribution in [0.1, 0.15) is 43.9 Å². The maximum absolute atomic E-state index is 12.9. The summed E-state index contributed by atoms with van der Waals surface area (Å²) in [7, 11) is -3.73. The van der Waals surface area contributed by atoms with E-state index >= 15 is 0 Å². The van der Waals surface area contributed by atoms with Crippen molar-refractivity contribution in [3.8, 4) is 16.0 Å². The molecule has 1 atom stereocenters. The molecule has 14 heteroatoms. The number of hydrogen-bond acceptors (Lipinski definition) is 12. The maximum atomic E-state index is 12.9. The average Bonchev–Trinajstić information content (AvgIpc) is 3.77. The van der Waals surface area contributed by atoms with E-state index in [0.29, 0.717) is 36.5 Å². The van der Waals surface area contributed by atoms with Crippen molar-refractivity contribution in [1.82, 2.24) is 24.7 Å². The third-order valence-corrected chi connectivity index (χ3v) is 9.95. The molecule has 3 aromatic heterocycles. The molecule has 0 spiro atoms. The second-order valence-corrected chi connectivity index (χ2v) is 13.1. The Morgan fingerprint density at radius 2 is 1.88 bits per heavy atom. The molecule has 0 aliphatic carbocycles. The van der Waals surface area contributed by atoms with E-state index in [1.807, 2.05) is 27.8 Å². The van der Waals surface area contributed by atoms with E-state index in [9.17, 15) is 8.42 Å². The van der Waals surface area contributed by atoms with Gasteiger partial charge < -0.3 is 15.5 Å². The van der Waals surface area contributed by atoms with Crippen molar-refractivity contribution in [2.75, 3.05) is 35.2 Å². The summed E-state index contributed by atoms with van der Waals surface area (Å²) in [6.07, 6.45) is 3.71. The van der Waals surface area contributed by atoms with E-state index in [1.54, 1.807) is 22.7 Å². The van der Waals surface area contributed by atoms with Crippen molar-refractivity contribution < 1.29 is 8.42 Å². The molecule has 5 rings (SSSR count). The number of hydrogen-bond donors (Lipinski definition) is 3. The SMILES string of the molecule is CCCCNc1nc(NCc2csc(-c3cccs3)n2)nc(N2CCC[C@@H]2CNS(=O)(=O)c2ccc(C#N)cc2)n1. The first-order chi connectivity index (χ1) is 19.9. The van der Waals surface area contributed by atoms with Gasteiger partial charge in [0.15, 0.2) is 0 Å². The Balaban J connectivity index is 1.30. The summed E-state index contributed by atoms with van der Waals surface area (Å²) in [5.74, 6) is 1.41. The highest BCUT2D eigenvalue weighted by molar-refractivity contribution is 7.89. The van der Waals surface area contributed by atoms with Crippen LogP contribution in [0.2, 0.25) is 0 Å². The molecule has 0 radical (unpaired) electrons. The van der Waals surface area contributed by atoms with Gasteiger partial charge in [0.2, 0.25) is 27.9 Å². The Bertz CT molecular complexity index is 1580. The molecular weight excluding hydrogens is 579 g/mol. The van der Waals surface area contributed by atoms with Crippen molar-refractivity contribution in [3.05, 3.63) is 58.4 Å². The molecule has 11 nitrogen and oxygen atoms in total. The van der Waals surface area contributed by atoms with Gasteiger partial charge in [0.25, 0.3) is 0 Å². The Labute approximate surface area is 247 Å². The van der Waals surface area contributed by atoms with E-state index < -0.39 is 10.0 Å². The largest absolute Gasteiger partial charge is 0.354 e. The number of nitrogens with zero attached hydrogens (tertiary/aromatic N) is 6. The molecule has 4 aromatic rings. The van der Waals surface area contributed by atoms with Crippen molar-refractivity contribution in [2.24, 2.45) is 0 Å². The summed E-state index contributed by atoms with van der Waals surface area (Å²) in [6.45, 7) is 4.24. The average molecular weight is 610 g/mol. The first-order valence-electron chi connectivity index (χ1n) is 13.4. The minimum absolute atomic E-state index is 0.117. The number of rotatable bonds is 13. The van der Waals surface area contributed by atoms with E-state index in [1.165, 1.54) is 24.3 Å². The lowest BCUT2D eigenvalue weighted by Crippen LogP contribution is -2.41. The summed E-state index contributed by atoms with van der Waals surface area (Å²) < 4.78 is 28.5. The summed E-state index contributed by atoms with van der Waals surface area (Å²) in [5.41, 5.74) is 1.31. The number of unbranched alkanes of at least 4 members (excludes halogenated alkanes) is 1. The van der Waals surface area contributed by atoms with Crippen LogP contribution in [0.4, 0.5) is 17.8 Å². The molecule has 0 unspecified atom stereocenters. The number of anilines is 3. The Morgan fingerprint density at radius 1 is 1.07 bits per heavy atom. The van der Waals surface area contributed by atoms with Gasteiger partial charge in [-0.2, -0.15) is 20.2 Å². The predicted molar refractivity (Wildman–Crippen MR) is 163 cm³/mol. The molecule has 0 amide bonds. The molecule has 1 aliphatic rings. The van der Waals surface area contributed by atoms with Gasteiger partial charge in [0.05, 0.1) is 33.6 Å². The predicted octanol–water partition coefficient (Wildman–Crippen LogP) is 4.70. The van der Waals surface area contributed by atoms with Crippen LogP contribution >= 0.6 is 22.7 Å². The summed E-state index contributed by atoms with van der Waals surface area (Å²) in [5, 5.41) is 20.6. The third kappa shape index (κ3) is 7.36. The van der Waals surface area contributed by atoms with Crippen LogP contribution in [0.15, 0.2) is 52.1 Å². The van der Waals surface area contributed by atoms with Crippen LogP contribution < -0.4 is 20.3 Å². The highest BCUT2D eigenvalue weighted by Gasteiger charge is 2.29. The fraction of sp³-hybridized carbons (Fsp3) is 0.370. The lowest BCUT2D eigenvalue weighted by atomic mass is 10.2. The molecule has 0 saturated carbocycles. The van der Waals surface area contributed by atoms with Crippen LogP contribution in [-0.4, -0.2) is 54.0 Å². The number of sulfonamides is 1. The van der Waals surface area contributed by atoms with Crippen LogP contribution in [0.3, 0.4) is 0 Å². The van der Waals surface area contributed by atoms with Crippen LogP contribution in [0.5, 0.6) is 0 Å². The minimum atomic E-state index is -3.73. The molecule has 4 heterocycles. The fourth-order valence-corrected chi connectivity index (χ4v) is 7.12. The smallest absolute Gasteiger partial charge is 0.240 e. The molecule has 1 saturated heterocycles. The normalized spacial score (nSPS) is 15.1. The number of thiazole rings is 1. The van der Waals surface area contributed by atoms with Gasteiger partial charge in [0, 0.05) is 31.1 Å². The van der Waals surface area contributed by atoms with Gasteiger partial charge in [-0.05, 0) is 55.0 Å². The van der Waals surface area contributed by atoms with Crippen LogP contribution in [-0.2, 0) is 16.6 Å². The fourth-order valence-electron chi connectivity index (χ4n) is 4.41. The second-order valence-electron chi connectivity index (χ2n) is 9.52. The Hall–Kier alpha value is -3.64. The lowest BCUT2D eigenvalue weighted by molar-refractivity contribution is 0.565. The van der Waals surface area contributed by atoms with E-state index in [0.717, 1.165) is 47.8 Å². The Kier molecular flexibility index (Phi) is 9.40. The highest BCUT2D eigenvalue weighted by atomic mass is 32.2. The number of nitrogens with one attached hydrogen (secondary N) is 3. The number of thiophene rings is 1. The number of aromatic nitrogens is 4. The van der Waals surface area contributed by atoms with Gasteiger partial charge in [-0.25, -0.2) is 18.1 Å². The molecule has 1 fully saturated rings. The quantitative estimate of drug-likeness (QED) is 0.182. The summed E-state index contributed by atoms with van der Waals surface area (Å²) in [4.78, 5) is 22.0. The van der Waals surface area contributed by atoms with Gasteiger partial charge in [-0.3, -0.25) is 0 Å². The van der Waals surface area contributed by atoms with Gasteiger partial charge in [0.1, 0.15) is 5.01 Å². The Morgan fingerprint density at radius 3 is 2.61 bits per heavy atom. The van der Waals surface area contributed by atoms with Crippen molar-refractivity contribution in [2.45, 2.75) is 50.1 Å². The van der Waals surface area contributed by atoms with Crippen molar-refractivity contribution in [3.63, 3.8) is 0 Å². The topological polar surface area (TPSA) is 149 Å². The van der Waals surface area contributed by atoms with Crippen LogP contribution in [0, 0.1) is 11.3 Å². The molecule has 41 heavy (non-hydrogen) atoms. The number of benzene rings is 1. The summed E-state index contributed by atoms with van der Waals surface area (Å²) in [6, 6.07) is 11.8. The molecule has 0 bridgehead atoms. The third-order valence-electron chi connectivity index (χ3n) is 6.59. The van der Waals surface area contributed by atoms with E-state index in [2.05, 4.69) is 38.3 Å². The zero-order valence-electron chi connectivity index (χ0n) is 22.6. The highest BCUT2D eigenvalue weighted by Crippen LogP contribution is 2.28. The van der Waals surface area contributed by atoms with Gasteiger partial charge >= 0.3 is 0 Å². The lowest BCUT2D eigenvalue weighted by Gasteiger charge is -2.25. The molecule has 3 N–H and O–H groups in total. The van der Waals surface area contributed by atoms with Crippen molar-refractivity contribution >= 4 is 50.5 Å². The first-order valence-corrected chi connectivity index (χ1v) is 16.7. The first kappa shape index (κ1) is 28.9. The monoisotopic (exact) mass is 609 g/mol. The minimum Gasteiger partial charge on any atom is -0.354 e. The van der Waals surface area contributed by atoms with E-state index in [4.69, 9.17) is 15.2 Å². The number of nitriles is 1. The van der Waals surface area contributed by atoms with Crippen molar-refractivity contribution in [1.29, 1.82) is 5.26 Å². The second kappa shape index (κ2) is 13.3.